The number of hydrogen-bond donors (Lipinski definition) is 2. The molecule has 21 heavy (non-hydrogen) atoms. The van der Waals surface area contributed by atoms with Crippen LogP contribution in [0.1, 0.15) is 60.1 Å². The van der Waals surface area contributed by atoms with Gasteiger partial charge in [0.2, 0.25) is 0 Å². The van der Waals surface area contributed by atoms with Gasteiger partial charge in [0.25, 0.3) is 5.91 Å². The van der Waals surface area contributed by atoms with Crippen molar-refractivity contribution in [1.29, 1.82) is 0 Å². The van der Waals surface area contributed by atoms with Crippen molar-refractivity contribution in [3.63, 3.8) is 0 Å². The zero-order chi connectivity index (χ0) is 15.8. The highest BCUT2D eigenvalue weighted by Gasteiger charge is 2.14. The van der Waals surface area contributed by atoms with Gasteiger partial charge in [-0.25, -0.2) is 0 Å². The smallest absolute Gasteiger partial charge is 0.261 e. The first-order valence-corrected chi connectivity index (χ1v) is 8.26. The van der Waals surface area contributed by atoms with Gasteiger partial charge in [0.05, 0.1) is 16.4 Å². The second kappa shape index (κ2) is 8.86. The van der Waals surface area contributed by atoms with Gasteiger partial charge in [-0.05, 0) is 44.2 Å². The molecular formula is C17H25NO2S. The zero-order valence-electron chi connectivity index (χ0n) is 13.3. The van der Waals surface area contributed by atoms with Crippen LogP contribution in [0.3, 0.4) is 0 Å². The van der Waals surface area contributed by atoms with Gasteiger partial charge in [0.15, 0.2) is 0 Å². The second-order valence-corrected chi connectivity index (χ2v) is 6.80. The Morgan fingerprint density at radius 1 is 1.38 bits per heavy atom. The summed E-state index contributed by atoms with van der Waals surface area (Å²) >= 11 is 1.42. The molecule has 0 fully saturated rings. The summed E-state index contributed by atoms with van der Waals surface area (Å²) in [6, 6.07) is 2.07. The van der Waals surface area contributed by atoms with Crippen LogP contribution in [0.5, 0.6) is 0 Å². The molecule has 3 nitrogen and oxygen atoms in total. The molecular weight excluding hydrogens is 282 g/mol. The van der Waals surface area contributed by atoms with Crippen molar-refractivity contribution in [3.05, 3.63) is 21.4 Å². The summed E-state index contributed by atoms with van der Waals surface area (Å²) in [5.74, 6) is 6.54. The molecule has 1 atom stereocenters. The van der Waals surface area contributed by atoms with Crippen LogP contribution >= 0.6 is 11.3 Å². The Balaban J connectivity index is 2.63. The SMILES string of the molecule is Cc1cc(C(=O)NC(C)CCC(C)C)sc1C#CCCO. The number of rotatable bonds is 6. The lowest BCUT2D eigenvalue weighted by atomic mass is 10.0. The highest BCUT2D eigenvalue weighted by atomic mass is 32.1. The van der Waals surface area contributed by atoms with Crippen molar-refractivity contribution in [3.8, 4) is 11.8 Å². The van der Waals surface area contributed by atoms with Crippen molar-refractivity contribution >= 4 is 17.2 Å². The lowest BCUT2D eigenvalue weighted by Gasteiger charge is -2.14. The molecule has 4 heteroatoms. The highest BCUT2D eigenvalue weighted by Crippen LogP contribution is 2.21. The number of aliphatic hydroxyl groups excluding tert-OH is 1. The Labute approximate surface area is 131 Å². The number of hydrogen-bond acceptors (Lipinski definition) is 3. The fourth-order valence-corrected chi connectivity index (χ4v) is 2.82. The van der Waals surface area contributed by atoms with E-state index in [9.17, 15) is 4.79 Å². The van der Waals surface area contributed by atoms with Gasteiger partial charge in [-0.1, -0.05) is 25.7 Å². The molecule has 1 rings (SSSR count). The van der Waals surface area contributed by atoms with Crippen LogP contribution < -0.4 is 5.32 Å². The molecule has 0 aliphatic heterocycles. The Bertz CT molecular complexity index is 523. The van der Waals surface area contributed by atoms with E-state index in [1.807, 2.05) is 19.9 Å². The van der Waals surface area contributed by atoms with E-state index in [0.717, 1.165) is 23.3 Å². The normalized spacial score (nSPS) is 11.9. The van der Waals surface area contributed by atoms with E-state index < -0.39 is 0 Å². The molecule has 1 aromatic rings. The molecule has 2 N–H and O–H groups in total. The summed E-state index contributed by atoms with van der Waals surface area (Å²) in [5, 5.41) is 11.8. The predicted molar refractivity (Wildman–Crippen MR) is 88.6 cm³/mol. The topological polar surface area (TPSA) is 49.3 Å². The molecule has 0 saturated carbocycles. The second-order valence-electron chi connectivity index (χ2n) is 5.74. The highest BCUT2D eigenvalue weighted by molar-refractivity contribution is 7.14. The van der Waals surface area contributed by atoms with E-state index in [2.05, 4.69) is 31.0 Å². The Morgan fingerprint density at radius 2 is 2.10 bits per heavy atom. The van der Waals surface area contributed by atoms with Crippen LogP contribution in [-0.4, -0.2) is 23.7 Å². The van der Waals surface area contributed by atoms with Crippen molar-refractivity contribution in [2.45, 2.75) is 53.0 Å². The van der Waals surface area contributed by atoms with Gasteiger partial charge in [-0.15, -0.1) is 11.3 Å². The van der Waals surface area contributed by atoms with Crippen LogP contribution in [-0.2, 0) is 0 Å². The Hall–Kier alpha value is -1.31. The third kappa shape index (κ3) is 6.33. The van der Waals surface area contributed by atoms with Gasteiger partial charge in [-0.3, -0.25) is 4.79 Å². The summed E-state index contributed by atoms with van der Waals surface area (Å²) in [6.07, 6.45) is 2.57. The average Bonchev–Trinajstić information content (AvgIpc) is 2.78. The van der Waals surface area contributed by atoms with Crippen molar-refractivity contribution in [1.82, 2.24) is 5.32 Å². The van der Waals surface area contributed by atoms with Crippen molar-refractivity contribution < 1.29 is 9.90 Å². The summed E-state index contributed by atoms with van der Waals surface area (Å²) in [7, 11) is 0. The van der Waals surface area contributed by atoms with Crippen molar-refractivity contribution in [2.24, 2.45) is 5.92 Å². The number of aryl methyl sites for hydroxylation is 1. The standard InChI is InChI=1S/C17H25NO2S/c1-12(2)8-9-14(4)18-17(20)16-11-13(3)15(21-16)7-5-6-10-19/h11-12,14,19H,6,8-10H2,1-4H3,(H,18,20). The van der Waals surface area contributed by atoms with Crippen LogP contribution in [0, 0.1) is 24.7 Å². The number of carbonyl (C=O) groups excluding carboxylic acids is 1. The summed E-state index contributed by atoms with van der Waals surface area (Å²) < 4.78 is 0. The number of amides is 1. The van der Waals surface area contributed by atoms with Gasteiger partial charge >= 0.3 is 0 Å². The molecule has 0 aliphatic carbocycles. The number of carbonyl (C=O) groups is 1. The summed E-state index contributed by atoms with van der Waals surface area (Å²) in [5.41, 5.74) is 1.02. The lowest BCUT2D eigenvalue weighted by molar-refractivity contribution is 0.0941. The van der Waals surface area contributed by atoms with Gasteiger partial charge in [0, 0.05) is 12.5 Å². The lowest BCUT2D eigenvalue weighted by Crippen LogP contribution is -2.32. The monoisotopic (exact) mass is 307 g/mol. The first-order chi connectivity index (χ1) is 9.93. The van der Waals surface area contributed by atoms with Crippen LogP contribution in [0.15, 0.2) is 6.07 Å². The van der Waals surface area contributed by atoms with Crippen LogP contribution in [0.2, 0.25) is 0 Å². The molecule has 116 valence electrons. The molecule has 0 radical (unpaired) electrons. The van der Waals surface area contributed by atoms with E-state index in [0.29, 0.717) is 17.2 Å². The zero-order valence-corrected chi connectivity index (χ0v) is 14.1. The maximum Gasteiger partial charge on any atom is 0.261 e. The van der Waals surface area contributed by atoms with Gasteiger partial charge in [0.1, 0.15) is 0 Å². The van der Waals surface area contributed by atoms with E-state index in [-0.39, 0.29) is 18.6 Å². The van der Waals surface area contributed by atoms with E-state index >= 15 is 0 Å². The number of nitrogens with one attached hydrogen (secondary N) is 1. The molecule has 0 bridgehead atoms. The first kappa shape index (κ1) is 17.7. The molecule has 1 aromatic heterocycles. The molecule has 1 unspecified atom stereocenters. The van der Waals surface area contributed by atoms with E-state index in [1.54, 1.807) is 0 Å². The predicted octanol–water partition coefficient (Wildman–Crippen LogP) is 3.34. The van der Waals surface area contributed by atoms with Gasteiger partial charge < -0.3 is 10.4 Å². The summed E-state index contributed by atoms with van der Waals surface area (Å²) in [4.78, 5) is 13.8. The minimum Gasteiger partial charge on any atom is -0.395 e. The van der Waals surface area contributed by atoms with E-state index in [4.69, 9.17) is 5.11 Å². The maximum absolute atomic E-state index is 12.2. The quantitative estimate of drug-likeness (QED) is 0.792. The van der Waals surface area contributed by atoms with Gasteiger partial charge in [-0.2, -0.15) is 0 Å². The van der Waals surface area contributed by atoms with Crippen molar-refractivity contribution in [2.75, 3.05) is 6.61 Å². The molecule has 1 amide bonds. The third-order valence-electron chi connectivity index (χ3n) is 3.13. The number of thiophene rings is 1. The molecule has 0 saturated heterocycles. The first-order valence-electron chi connectivity index (χ1n) is 7.45. The third-order valence-corrected chi connectivity index (χ3v) is 4.29. The van der Waals surface area contributed by atoms with Crippen LogP contribution in [0.4, 0.5) is 0 Å². The average molecular weight is 307 g/mol. The summed E-state index contributed by atoms with van der Waals surface area (Å²) in [6.45, 7) is 8.45. The largest absolute Gasteiger partial charge is 0.395 e. The minimum atomic E-state index is -0.0189. The molecule has 1 heterocycles. The minimum absolute atomic E-state index is 0.0189. The molecule has 0 spiro atoms. The van der Waals surface area contributed by atoms with Crippen LogP contribution in [0.25, 0.3) is 0 Å². The Morgan fingerprint density at radius 3 is 2.71 bits per heavy atom. The maximum atomic E-state index is 12.2. The van der Waals surface area contributed by atoms with E-state index in [1.165, 1.54) is 11.3 Å². The Kier molecular flexibility index (Phi) is 7.49. The number of aliphatic hydroxyl groups is 1. The fraction of sp³-hybridized carbons (Fsp3) is 0.588. The molecule has 0 aliphatic rings. The molecule has 0 aromatic carbocycles. The fourth-order valence-electron chi connectivity index (χ4n) is 1.87.